The molecule has 0 unspecified atom stereocenters. The zero-order valence-electron chi connectivity index (χ0n) is 15.1. The van der Waals surface area contributed by atoms with Gasteiger partial charge in [-0.25, -0.2) is 8.42 Å². The molecule has 5 heteroatoms. The van der Waals surface area contributed by atoms with E-state index in [-0.39, 0.29) is 12.0 Å². The minimum Gasteiger partial charge on any atom is -0.301 e. The number of sulfonamides is 1. The Hall–Kier alpha value is -1.07. The molecule has 1 saturated heterocycles. The van der Waals surface area contributed by atoms with Gasteiger partial charge in [-0.05, 0) is 68.3 Å². The van der Waals surface area contributed by atoms with E-state index in [1.807, 2.05) is 12.1 Å². The van der Waals surface area contributed by atoms with Crippen LogP contribution in [0.5, 0.6) is 0 Å². The smallest absolute Gasteiger partial charge is 0.232 e. The van der Waals surface area contributed by atoms with E-state index in [0.717, 1.165) is 25.3 Å². The molecule has 1 aromatic rings. The Bertz CT molecular complexity index is 662. The van der Waals surface area contributed by atoms with Crippen LogP contribution < -0.4 is 4.31 Å². The first kappa shape index (κ1) is 17.7. The molecule has 0 bridgehead atoms. The maximum atomic E-state index is 12.7. The SMILES string of the molecule is CC(C)[C@@H](CN1CCCC1)N(c1cccc(C2CC2)c1)S(C)(=O)=O. The lowest BCUT2D eigenvalue weighted by molar-refractivity contribution is 0.286. The topological polar surface area (TPSA) is 40.6 Å². The molecule has 134 valence electrons. The number of hydrogen-bond donors (Lipinski definition) is 0. The van der Waals surface area contributed by atoms with Crippen LogP contribution in [-0.4, -0.2) is 45.2 Å². The van der Waals surface area contributed by atoms with Crippen molar-refractivity contribution in [3.05, 3.63) is 29.8 Å². The summed E-state index contributed by atoms with van der Waals surface area (Å²) in [5.74, 6) is 0.896. The zero-order chi connectivity index (χ0) is 17.3. The Kier molecular flexibility index (Phi) is 5.21. The third-order valence-corrected chi connectivity index (χ3v) is 6.44. The first-order valence-corrected chi connectivity index (χ1v) is 11.0. The lowest BCUT2D eigenvalue weighted by atomic mass is 10.0. The van der Waals surface area contributed by atoms with Crippen molar-refractivity contribution in [2.75, 3.05) is 30.2 Å². The fraction of sp³-hybridized carbons (Fsp3) is 0.684. The number of hydrogen-bond acceptors (Lipinski definition) is 3. The predicted molar refractivity (Wildman–Crippen MR) is 100 cm³/mol. The van der Waals surface area contributed by atoms with Crippen molar-refractivity contribution < 1.29 is 8.42 Å². The van der Waals surface area contributed by atoms with Gasteiger partial charge < -0.3 is 4.90 Å². The lowest BCUT2D eigenvalue weighted by Gasteiger charge is -2.37. The summed E-state index contributed by atoms with van der Waals surface area (Å²) < 4.78 is 27.0. The predicted octanol–water partition coefficient (Wildman–Crippen LogP) is 3.45. The summed E-state index contributed by atoms with van der Waals surface area (Å²) in [6.45, 7) is 7.25. The summed E-state index contributed by atoms with van der Waals surface area (Å²) in [5, 5.41) is 0. The minimum atomic E-state index is -3.32. The normalized spacial score (nSPS) is 20.5. The molecule has 1 aliphatic carbocycles. The quantitative estimate of drug-likeness (QED) is 0.756. The molecule has 2 fully saturated rings. The number of rotatable bonds is 7. The Balaban J connectivity index is 1.92. The van der Waals surface area contributed by atoms with Gasteiger partial charge in [-0.2, -0.15) is 0 Å². The molecule has 1 heterocycles. The standard InChI is InChI=1S/C19H30N2O2S/c1-15(2)19(14-20-11-4-5-12-20)21(24(3,22)23)18-8-6-7-17(13-18)16-9-10-16/h6-8,13,15-16,19H,4-5,9-12,14H2,1-3H3/t19-/m1/s1. The van der Waals surface area contributed by atoms with Gasteiger partial charge in [-0.1, -0.05) is 26.0 Å². The average molecular weight is 351 g/mol. The summed E-state index contributed by atoms with van der Waals surface area (Å²) >= 11 is 0. The van der Waals surface area contributed by atoms with Crippen molar-refractivity contribution in [3.8, 4) is 0 Å². The molecule has 3 rings (SSSR count). The molecule has 4 nitrogen and oxygen atoms in total. The van der Waals surface area contributed by atoms with Crippen LogP contribution >= 0.6 is 0 Å². The minimum absolute atomic E-state index is 0.0208. The van der Waals surface area contributed by atoms with Crippen LogP contribution in [0.15, 0.2) is 24.3 Å². The number of nitrogens with zero attached hydrogens (tertiary/aromatic N) is 2. The van der Waals surface area contributed by atoms with Crippen LogP contribution in [-0.2, 0) is 10.0 Å². The second-order valence-corrected chi connectivity index (χ2v) is 9.61. The van der Waals surface area contributed by atoms with Gasteiger partial charge in [-0.3, -0.25) is 4.31 Å². The maximum Gasteiger partial charge on any atom is 0.232 e. The third-order valence-electron chi connectivity index (χ3n) is 5.25. The van der Waals surface area contributed by atoms with E-state index < -0.39 is 10.0 Å². The third kappa shape index (κ3) is 4.12. The number of anilines is 1. The highest BCUT2D eigenvalue weighted by Gasteiger charge is 2.32. The summed E-state index contributed by atoms with van der Waals surface area (Å²) in [5.41, 5.74) is 2.12. The zero-order valence-corrected chi connectivity index (χ0v) is 15.9. The Labute approximate surface area is 146 Å². The van der Waals surface area contributed by atoms with Crippen LogP contribution in [0.25, 0.3) is 0 Å². The van der Waals surface area contributed by atoms with Crippen molar-refractivity contribution in [2.45, 2.75) is 51.5 Å². The van der Waals surface area contributed by atoms with Crippen molar-refractivity contribution in [1.82, 2.24) is 4.90 Å². The highest BCUT2D eigenvalue weighted by molar-refractivity contribution is 7.92. The van der Waals surface area contributed by atoms with Crippen LogP contribution in [0.4, 0.5) is 5.69 Å². The number of likely N-dealkylation sites (tertiary alicyclic amines) is 1. The lowest BCUT2D eigenvalue weighted by Crippen LogP contribution is -2.49. The molecular formula is C19H30N2O2S. The monoisotopic (exact) mass is 350 g/mol. The van der Waals surface area contributed by atoms with Crippen LogP contribution in [0, 0.1) is 5.92 Å². The molecule has 1 aliphatic heterocycles. The van der Waals surface area contributed by atoms with Crippen molar-refractivity contribution in [3.63, 3.8) is 0 Å². The second kappa shape index (κ2) is 7.04. The van der Waals surface area contributed by atoms with Gasteiger partial charge in [0.25, 0.3) is 0 Å². The van der Waals surface area contributed by atoms with Gasteiger partial charge >= 0.3 is 0 Å². The van der Waals surface area contributed by atoms with E-state index in [9.17, 15) is 8.42 Å². The first-order chi connectivity index (χ1) is 11.4. The van der Waals surface area contributed by atoms with Crippen molar-refractivity contribution in [1.29, 1.82) is 0 Å². The first-order valence-electron chi connectivity index (χ1n) is 9.18. The molecule has 0 radical (unpaired) electrons. The summed E-state index contributed by atoms with van der Waals surface area (Å²) in [4.78, 5) is 2.41. The van der Waals surface area contributed by atoms with Gasteiger partial charge in [-0.15, -0.1) is 0 Å². The summed E-state index contributed by atoms with van der Waals surface area (Å²) in [7, 11) is -3.32. The van der Waals surface area contributed by atoms with E-state index in [0.29, 0.717) is 5.92 Å². The maximum absolute atomic E-state index is 12.7. The molecule has 1 atom stereocenters. The molecule has 1 aromatic carbocycles. The average Bonchev–Trinajstić information content (AvgIpc) is 3.23. The van der Waals surface area contributed by atoms with E-state index in [4.69, 9.17) is 0 Å². The molecule has 2 aliphatic rings. The van der Waals surface area contributed by atoms with Crippen molar-refractivity contribution in [2.24, 2.45) is 5.92 Å². The van der Waals surface area contributed by atoms with Gasteiger partial charge in [0.1, 0.15) is 0 Å². The van der Waals surface area contributed by atoms with Gasteiger partial charge in [0.05, 0.1) is 18.0 Å². The largest absolute Gasteiger partial charge is 0.301 e. The Morgan fingerprint density at radius 2 is 1.88 bits per heavy atom. The molecule has 0 aromatic heterocycles. The van der Waals surface area contributed by atoms with Crippen LogP contribution in [0.3, 0.4) is 0 Å². The highest BCUT2D eigenvalue weighted by Crippen LogP contribution is 2.41. The van der Waals surface area contributed by atoms with E-state index >= 15 is 0 Å². The Morgan fingerprint density at radius 1 is 1.21 bits per heavy atom. The van der Waals surface area contributed by atoms with Gasteiger partial charge in [0.15, 0.2) is 0 Å². The summed E-state index contributed by atoms with van der Waals surface area (Å²) in [6.07, 6.45) is 6.24. The van der Waals surface area contributed by atoms with Crippen molar-refractivity contribution >= 4 is 15.7 Å². The molecule has 0 amide bonds. The van der Waals surface area contributed by atoms with E-state index in [1.54, 1.807) is 4.31 Å². The molecule has 0 spiro atoms. The highest BCUT2D eigenvalue weighted by atomic mass is 32.2. The van der Waals surface area contributed by atoms with E-state index in [1.165, 1.54) is 37.5 Å². The van der Waals surface area contributed by atoms with E-state index in [2.05, 4.69) is 30.9 Å². The second-order valence-electron chi connectivity index (χ2n) is 7.75. The molecule has 0 N–H and O–H groups in total. The fourth-order valence-corrected chi connectivity index (χ4v) is 5.05. The molecule has 1 saturated carbocycles. The molecular weight excluding hydrogens is 320 g/mol. The van der Waals surface area contributed by atoms with Gasteiger partial charge in [0, 0.05) is 6.54 Å². The van der Waals surface area contributed by atoms with Crippen LogP contribution in [0.1, 0.15) is 51.0 Å². The molecule has 24 heavy (non-hydrogen) atoms. The van der Waals surface area contributed by atoms with Gasteiger partial charge in [0.2, 0.25) is 10.0 Å². The Morgan fingerprint density at radius 3 is 2.42 bits per heavy atom. The summed E-state index contributed by atoms with van der Waals surface area (Å²) in [6, 6.07) is 8.16. The fourth-order valence-electron chi connectivity index (χ4n) is 3.75. The van der Waals surface area contributed by atoms with Crippen LogP contribution in [0.2, 0.25) is 0 Å². The number of benzene rings is 1.